The summed E-state index contributed by atoms with van der Waals surface area (Å²) >= 11 is 1.73. The second-order valence-electron chi connectivity index (χ2n) is 4.94. The first kappa shape index (κ1) is 13.8. The van der Waals surface area contributed by atoms with Gasteiger partial charge in [0.2, 0.25) is 0 Å². The van der Waals surface area contributed by atoms with Gasteiger partial charge in [-0.15, -0.1) is 11.8 Å². The van der Waals surface area contributed by atoms with Gasteiger partial charge in [0.15, 0.2) is 0 Å². The fraction of sp³-hybridized carbons (Fsp3) is 0.571. The van der Waals surface area contributed by atoms with Gasteiger partial charge >= 0.3 is 0 Å². The Hall–Kier alpha value is -0.580. The first-order valence-corrected chi connectivity index (χ1v) is 7.42. The van der Waals surface area contributed by atoms with Crippen LogP contribution in [-0.4, -0.2) is 41.5 Å². The fourth-order valence-electron chi connectivity index (χ4n) is 2.14. The van der Waals surface area contributed by atoms with Crippen molar-refractivity contribution in [1.82, 2.24) is 4.90 Å². The van der Waals surface area contributed by atoms with E-state index in [9.17, 15) is 9.50 Å². The molecule has 2 atom stereocenters. The summed E-state index contributed by atoms with van der Waals surface area (Å²) in [7, 11) is 0. The Labute approximate surface area is 112 Å². The van der Waals surface area contributed by atoms with E-state index in [2.05, 4.69) is 11.8 Å². The zero-order valence-electron chi connectivity index (χ0n) is 10.7. The maximum atomic E-state index is 12.7. The number of likely N-dealkylation sites (tertiary alicyclic amines) is 1. The number of piperidine rings is 1. The standard InChI is InChI=1S/C14H20FNOS/c1-11-6-7-16(10-14(11)17)8-9-18-13-4-2-12(15)3-5-13/h2-5,11,14,17H,6-10H2,1H3. The van der Waals surface area contributed by atoms with Gasteiger partial charge in [0.05, 0.1) is 6.10 Å². The van der Waals surface area contributed by atoms with Gasteiger partial charge in [0.1, 0.15) is 5.82 Å². The third kappa shape index (κ3) is 3.97. The van der Waals surface area contributed by atoms with Crippen LogP contribution in [0, 0.1) is 11.7 Å². The smallest absolute Gasteiger partial charge is 0.123 e. The lowest BCUT2D eigenvalue weighted by Crippen LogP contribution is -2.43. The number of hydrogen-bond donors (Lipinski definition) is 1. The molecule has 0 bridgehead atoms. The minimum Gasteiger partial charge on any atom is -0.392 e. The van der Waals surface area contributed by atoms with Crippen LogP contribution in [0.25, 0.3) is 0 Å². The van der Waals surface area contributed by atoms with E-state index in [1.54, 1.807) is 11.8 Å². The summed E-state index contributed by atoms with van der Waals surface area (Å²) < 4.78 is 12.7. The van der Waals surface area contributed by atoms with E-state index >= 15 is 0 Å². The highest BCUT2D eigenvalue weighted by Gasteiger charge is 2.23. The lowest BCUT2D eigenvalue weighted by molar-refractivity contribution is 0.0321. The average molecular weight is 269 g/mol. The van der Waals surface area contributed by atoms with Crippen LogP contribution in [0.2, 0.25) is 0 Å². The molecular formula is C14H20FNOS. The molecule has 4 heteroatoms. The molecule has 1 fully saturated rings. The number of halogens is 1. The van der Waals surface area contributed by atoms with Crippen molar-refractivity contribution in [3.8, 4) is 0 Å². The van der Waals surface area contributed by atoms with Crippen molar-refractivity contribution in [2.24, 2.45) is 5.92 Å². The van der Waals surface area contributed by atoms with Crippen molar-refractivity contribution >= 4 is 11.8 Å². The monoisotopic (exact) mass is 269 g/mol. The van der Waals surface area contributed by atoms with Gasteiger partial charge in [-0.05, 0) is 43.1 Å². The second kappa shape index (κ2) is 6.55. The largest absolute Gasteiger partial charge is 0.392 e. The number of aliphatic hydroxyl groups excluding tert-OH is 1. The third-order valence-corrected chi connectivity index (χ3v) is 4.48. The number of aliphatic hydroxyl groups is 1. The zero-order chi connectivity index (χ0) is 13.0. The van der Waals surface area contributed by atoms with Crippen LogP contribution in [0.15, 0.2) is 29.2 Å². The van der Waals surface area contributed by atoms with Crippen LogP contribution in [0.3, 0.4) is 0 Å². The van der Waals surface area contributed by atoms with Crippen molar-refractivity contribution in [3.63, 3.8) is 0 Å². The molecule has 1 aromatic carbocycles. The molecular weight excluding hydrogens is 249 g/mol. The number of benzene rings is 1. The summed E-state index contributed by atoms with van der Waals surface area (Å²) in [5, 5.41) is 9.80. The molecule has 0 spiro atoms. The Morgan fingerprint density at radius 1 is 1.39 bits per heavy atom. The second-order valence-corrected chi connectivity index (χ2v) is 6.10. The summed E-state index contributed by atoms with van der Waals surface area (Å²) in [5.74, 6) is 1.21. The molecule has 0 aliphatic carbocycles. The number of β-amino-alcohol motifs (C(OH)–C–C–N with tert-alkyl or cyclic N) is 1. The minimum atomic E-state index is -0.188. The summed E-state index contributed by atoms with van der Waals surface area (Å²) in [6.07, 6.45) is 0.886. The summed E-state index contributed by atoms with van der Waals surface area (Å²) in [6.45, 7) is 4.94. The van der Waals surface area contributed by atoms with Crippen molar-refractivity contribution in [1.29, 1.82) is 0 Å². The first-order valence-electron chi connectivity index (χ1n) is 6.44. The Bertz CT molecular complexity index is 371. The predicted octanol–water partition coefficient (Wildman–Crippen LogP) is 2.62. The molecule has 100 valence electrons. The molecule has 0 aromatic heterocycles. The van der Waals surface area contributed by atoms with Crippen LogP contribution in [0.4, 0.5) is 4.39 Å². The molecule has 1 saturated heterocycles. The van der Waals surface area contributed by atoms with Crippen molar-refractivity contribution in [2.45, 2.75) is 24.3 Å². The van der Waals surface area contributed by atoms with E-state index in [0.29, 0.717) is 5.92 Å². The number of hydrogen-bond acceptors (Lipinski definition) is 3. The zero-order valence-corrected chi connectivity index (χ0v) is 11.5. The molecule has 18 heavy (non-hydrogen) atoms. The summed E-state index contributed by atoms with van der Waals surface area (Å²) in [5.41, 5.74) is 0. The highest BCUT2D eigenvalue weighted by molar-refractivity contribution is 7.99. The third-order valence-electron chi connectivity index (χ3n) is 3.49. The molecule has 0 radical (unpaired) electrons. The molecule has 2 unspecified atom stereocenters. The number of nitrogens with zero attached hydrogens (tertiary/aromatic N) is 1. The molecule has 1 N–H and O–H groups in total. The molecule has 1 heterocycles. The fourth-order valence-corrected chi connectivity index (χ4v) is 3.05. The maximum absolute atomic E-state index is 12.7. The van der Waals surface area contributed by atoms with Crippen LogP contribution in [0.1, 0.15) is 13.3 Å². The van der Waals surface area contributed by atoms with E-state index in [1.165, 1.54) is 12.1 Å². The van der Waals surface area contributed by atoms with E-state index < -0.39 is 0 Å². The van der Waals surface area contributed by atoms with Gasteiger partial charge in [-0.1, -0.05) is 6.92 Å². The molecule has 1 aromatic rings. The van der Waals surface area contributed by atoms with E-state index in [0.717, 1.165) is 36.7 Å². The van der Waals surface area contributed by atoms with Gasteiger partial charge in [0, 0.05) is 23.7 Å². The van der Waals surface area contributed by atoms with Crippen LogP contribution < -0.4 is 0 Å². The quantitative estimate of drug-likeness (QED) is 0.850. The topological polar surface area (TPSA) is 23.5 Å². The van der Waals surface area contributed by atoms with Gasteiger partial charge in [0.25, 0.3) is 0 Å². The molecule has 2 nitrogen and oxygen atoms in total. The highest BCUT2D eigenvalue weighted by atomic mass is 32.2. The van der Waals surface area contributed by atoms with Gasteiger partial charge < -0.3 is 5.11 Å². The van der Waals surface area contributed by atoms with Gasteiger partial charge in [-0.3, -0.25) is 4.90 Å². The Morgan fingerprint density at radius 2 is 2.11 bits per heavy atom. The Balaban J connectivity index is 1.71. The molecule has 2 rings (SSSR count). The SMILES string of the molecule is CC1CCN(CCSc2ccc(F)cc2)CC1O. The van der Waals surface area contributed by atoms with Crippen LogP contribution in [-0.2, 0) is 0 Å². The summed E-state index contributed by atoms with van der Waals surface area (Å²) in [4.78, 5) is 3.41. The van der Waals surface area contributed by atoms with E-state index in [-0.39, 0.29) is 11.9 Å². The maximum Gasteiger partial charge on any atom is 0.123 e. The van der Waals surface area contributed by atoms with E-state index in [1.807, 2.05) is 12.1 Å². The lowest BCUT2D eigenvalue weighted by atomic mass is 9.96. The highest BCUT2D eigenvalue weighted by Crippen LogP contribution is 2.20. The average Bonchev–Trinajstić information content (AvgIpc) is 2.36. The molecule has 1 aliphatic heterocycles. The van der Waals surface area contributed by atoms with Gasteiger partial charge in [-0.25, -0.2) is 4.39 Å². The molecule has 0 saturated carbocycles. The predicted molar refractivity (Wildman–Crippen MR) is 73.4 cm³/mol. The molecule has 0 amide bonds. The van der Waals surface area contributed by atoms with Crippen molar-refractivity contribution in [2.75, 3.05) is 25.4 Å². The minimum absolute atomic E-state index is 0.186. The van der Waals surface area contributed by atoms with Crippen LogP contribution in [0.5, 0.6) is 0 Å². The van der Waals surface area contributed by atoms with Gasteiger partial charge in [-0.2, -0.15) is 0 Å². The summed E-state index contributed by atoms with van der Waals surface area (Å²) in [6, 6.07) is 6.61. The number of thioether (sulfide) groups is 1. The number of rotatable bonds is 4. The van der Waals surface area contributed by atoms with E-state index in [4.69, 9.17) is 0 Å². The van der Waals surface area contributed by atoms with Crippen molar-refractivity contribution < 1.29 is 9.50 Å². The van der Waals surface area contributed by atoms with Crippen molar-refractivity contribution in [3.05, 3.63) is 30.1 Å². The Kier molecular flexibility index (Phi) is 5.03. The first-order chi connectivity index (χ1) is 8.65. The Morgan fingerprint density at radius 3 is 2.78 bits per heavy atom. The van der Waals surface area contributed by atoms with Crippen LogP contribution >= 0.6 is 11.8 Å². The normalized spacial score (nSPS) is 25.3. The lowest BCUT2D eigenvalue weighted by Gasteiger charge is -2.34. The molecule has 1 aliphatic rings.